The fourth-order valence-corrected chi connectivity index (χ4v) is 2.90. The van der Waals surface area contributed by atoms with Crippen molar-refractivity contribution in [1.82, 2.24) is 16.0 Å². The summed E-state index contributed by atoms with van der Waals surface area (Å²) in [5.41, 5.74) is 11.0. The van der Waals surface area contributed by atoms with E-state index in [0.29, 0.717) is 19.4 Å². The molecule has 0 aromatic rings. The van der Waals surface area contributed by atoms with Crippen LogP contribution >= 0.6 is 0 Å². The third-order valence-corrected chi connectivity index (χ3v) is 4.82. The first-order valence-electron chi connectivity index (χ1n) is 10.8. The molecule has 0 rings (SSSR count). The third kappa shape index (κ3) is 12.1. The Hall–Kier alpha value is -3.26. The van der Waals surface area contributed by atoms with E-state index in [4.69, 9.17) is 21.7 Å². The average Bonchev–Trinajstić information content (AvgIpc) is 2.72. The second-order valence-electron chi connectivity index (χ2n) is 8.11. The van der Waals surface area contributed by atoms with E-state index in [1.807, 2.05) is 0 Å². The van der Waals surface area contributed by atoms with Crippen molar-refractivity contribution in [3.05, 3.63) is 0 Å². The molecular weight excluding hydrogens is 454 g/mol. The molecule has 0 aromatic carbocycles. The van der Waals surface area contributed by atoms with Gasteiger partial charge in [-0.1, -0.05) is 13.8 Å². The van der Waals surface area contributed by atoms with Gasteiger partial charge < -0.3 is 42.7 Å². The summed E-state index contributed by atoms with van der Waals surface area (Å²) in [5.74, 6) is -6.86. The Morgan fingerprint density at radius 2 is 1.35 bits per heavy atom. The summed E-state index contributed by atoms with van der Waals surface area (Å²) in [6.07, 6.45) is -0.433. The van der Waals surface area contributed by atoms with Gasteiger partial charge in [0.15, 0.2) is 0 Å². The minimum Gasteiger partial charge on any atom is -0.481 e. The van der Waals surface area contributed by atoms with Gasteiger partial charge in [0.25, 0.3) is 0 Å². The van der Waals surface area contributed by atoms with Gasteiger partial charge in [-0.25, -0.2) is 4.79 Å². The van der Waals surface area contributed by atoms with E-state index >= 15 is 0 Å². The van der Waals surface area contributed by atoms with Crippen LogP contribution in [-0.2, 0) is 28.8 Å². The van der Waals surface area contributed by atoms with E-state index in [1.165, 1.54) is 0 Å². The number of carboxylic acids is 3. The molecule has 14 heteroatoms. The first kappa shape index (κ1) is 30.7. The highest BCUT2D eigenvalue weighted by Crippen LogP contribution is 2.08. The smallest absolute Gasteiger partial charge is 0.326 e. The molecule has 0 bridgehead atoms. The van der Waals surface area contributed by atoms with Crippen LogP contribution in [0, 0.1) is 5.92 Å². The van der Waals surface area contributed by atoms with E-state index in [0.717, 1.165) is 0 Å². The highest BCUT2D eigenvalue weighted by Gasteiger charge is 2.32. The Kier molecular flexibility index (Phi) is 14.1. The van der Waals surface area contributed by atoms with Crippen LogP contribution in [0.2, 0.25) is 0 Å². The van der Waals surface area contributed by atoms with Crippen LogP contribution in [0.3, 0.4) is 0 Å². The van der Waals surface area contributed by atoms with Crippen LogP contribution in [0.5, 0.6) is 0 Å². The molecule has 34 heavy (non-hydrogen) atoms. The van der Waals surface area contributed by atoms with Gasteiger partial charge in [-0.3, -0.25) is 24.0 Å². The van der Waals surface area contributed by atoms with Gasteiger partial charge in [-0.05, 0) is 38.1 Å². The third-order valence-electron chi connectivity index (χ3n) is 4.82. The van der Waals surface area contributed by atoms with Crippen molar-refractivity contribution in [2.24, 2.45) is 17.4 Å². The quantitative estimate of drug-likeness (QED) is 0.103. The molecule has 0 saturated heterocycles. The second-order valence-corrected chi connectivity index (χ2v) is 8.11. The van der Waals surface area contributed by atoms with Crippen molar-refractivity contribution >= 4 is 35.6 Å². The molecule has 4 unspecified atom stereocenters. The lowest BCUT2D eigenvalue weighted by Crippen LogP contribution is -2.58. The van der Waals surface area contributed by atoms with Crippen LogP contribution < -0.4 is 27.4 Å². The monoisotopic (exact) mass is 489 g/mol. The Labute approximate surface area is 196 Å². The zero-order chi connectivity index (χ0) is 26.4. The molecule has 194 valence electrons. The molecule has 14 nitrogen and oxygen atoms in total. The number of carboxylic acid groups (broad SMARTS) is 3. The Morgan fingerprint density at radius 3 is 1.82 bits per heavy atom. The number of hydrogen-bond acceptors (Lipinski definition) is 8. The molecule has 0 saturated carbocycles. The van der Waals surface area contributed by atoms with Crippen molar-refractivity contribution in [1.29, 1.82) is 0 Å². The van der Waals surface area contributed by atoms with Gasteiger partial charge >= 0.3 is 17.9 Å². The molecule has 0 spiro atoms. The minimum atomic E-state index is -1.48. The lowest BCUT2D eigenvalue weighted by Gasteiger charge is -2.27. The molecule has 0 heterocycles. The van der Waals surface area contributed by atoms with Gasteiger partial charge in [0.05, 0.1) is 12.5 Å². The van der Waals surface area contributed by atoms with Crippen LogP contribution in [-0.4, -0.2) is 81.7 Å². The summed E-state index contributed by atoms with van der Waals surface area (Å²) in [7, 11) is 0. The molecule has 0 fully saturated rings. The zero-order valence-electron chi connectivity index (χ0n) is 19.3. The maximum atomic E-state index is 12.9. The summed E-state index contributed by atoms with van der Waals surface area (Å²) in [6.45, 7) is 3.55. The van der Waals surface area contributed by atoms with E-state index in [1.54, 1.807) is 13.8 Å². The van der Waals surface area contributed by atoms with Gasteiger partial charge in [0.2, 0.25) is 17.7 Å². The molecule has 0 aromatic heterocycles. The summed E-state index contributed by atoms with van der Waals surface area (Å²) < 4.78 is 0. The van der Waals surface area contributed by atoms with Crippen LogP contribution in [0.4, 0.5) is 0 Å². The molecule has 3 amide bonds. The van der Waals surface area contributed by atoms with Crippen LogP contribution in [0.25, 0.3) is 0 Å². The van der Waals surface area contributed by atoms with Crippen molar-refractivity contribution in [3.8, 4) is 0 Å². The molecule has 0 aliphatic rings. The lowest BCUT2D eigenvalue weighted by molar-refractivity contribution is -0.143. The van der Waals surface area contributed by atoms with Crippen molar-refractivity contribution < 1.29 is 44.1 Å². The van der Waals surface area contributed by atoms with Crippen molar-refractivity contribution in [3.63, 3.8) is 0 Å². The van der Waals surface area contributed by atoms with Crippen LogP contribution in [0.1, 0.15) is 52.4 Å². The Morgan fingerprint density at radius 1 is 0.765 bits per heavy atom. The number of hydrogen-bond donors (Lipinski definition) is 8. The molecular formula is C20H35N5O9. The van der Waals surface area contributed by atoms with E-state index < -0.39 is 78.6 Å². The fraction of sp³-hybridized carbons (Fsp3) is 0.700. The maximum Gasteiger partial charge on any atom is 0.326 e. The highest BCUT2D eigenvalue weighted by atomic mass is 16.4. The number of nitrogens with one attached hydrogen (secondary N) is 3. The standard InChI is InChI=1S/C20H35N5O9/c1-10(2)16(25-17(30)11(22)9-15(28)29)19(32)23-12(5-3-4-8-21)18(31)24-13(20(33)34)6-7-14(26)27/h10-13,16H,3-9,21-22H2,1-2H3,(H,23,32)(H,24,31)(H,25,30)(H,26,27)(H,28,29)(H,33,34). The number of aliphatic carboxylic acids is 3. The van der Waals surface area contributed by atoms with Crippen LogP contribution in [0.15, 0.2) is 0 Å². The molecule has 0 aliphatic heterocycles. The van der Waals surface area contributed by atoms with Gasteiger partial charge in [-0.15, -0.1) is 0 Å². The van der Waals surface area contributed by atoms with Gasteiger partial charge in [0.1, 0.15) is 18.1 Å². The number of carbonyl (C=O) groups is 6. The predicted molar refractivity (Wildman–Crippen MR) is 118 cm³/mol. The maximum absolute atomic E-state index is 12.9. The number of amides is 3. The Balaban J connectivity index is 5.46. The summed E-state index contributed by atoms with van der Waals surface area (Å²) in [6, 6.07) is -5.20. The zero-order valence-corrected chi connectivity index (χ0v) is 19.3. The van der Waals surface area contributed by atoms with Crippen molar-refractivity contribution in [2.75, 3.05) is 6.54 Å². The lowest BCUT2D eigenvalue weighted by atomic mass is 10.0. The van der Waals surface area contributed by atoms with E-state index in [-0.39, 0.29) is 12.8 Å². The average molecular weight is 490 g/mol. The summed E-state index contributed by atoms with van der Waals surface area (Å²) in [4.78, 5) is 70.7. The molecule has 10 N–H and O–H groups in total. The van der Waals surface area contributed by atoms with E-state index in [9.17, 15) is 33.9 Å². The Bertz CT molecular complexity index is 744. The molecule has 0 aliphatic carbocycles. The number of unbranched alkanes of at least 4 members (excludes halogenated alkanes) is 1. The SMILES string of the molecule is CC(C)C(NC(=O)C(N)CC(=O)O)C(=O)NC(CCCCN)C(=O)NC(CCC(=O)O)C(=O)O. The summed E-state index contributed by atoms with van der Waals surface area (Å²) >= 11 is 0. The fourth-order valence-electron chi connectivity index (χ4n) is 2.90. The predicted octanol–water partition coefficient (Wildman–Crippen LogP) is -2.02. The minimum absolute atomic E-state index is 0.108. The highest BCUT2D eigenvalue weighted by molar-refractivity contribution is 5.94. The number of nitrogens with two attached hydrogens (primary N) is 2. The summed E-state index contributed by atoms with van der Waals surface area (Å²) in [5, 5.41) is 33.9. The molecule has 0 radical (unpaired) electrons. The van der Waals surface area contributed by atoms with E-state index in [2.05, 4.69) is 16.0 Å². The second kappa shape index (κ2) is 15.6. The topological polar surface area (TPSA) is 251 Å². The van der Waals surface area contributed by atoms with Gasteiger partial charge in [-0.2, -0.15) is 0 Å². The van der Waals surface area contributed by atoms with Gasteiger partial charge in [0, 0.05) is 6.42 Å². The number of rotatable bonds is 17. The van der Waals surface area contributed by atoms with Crippen molar-refractivity contribution in [2.45, 2.75) is 76.5 Å². The normalized spacial score (nSPS) is 14.4. The molecule has 4 atom stereocenters. The largest absolute Gasteiger partial charge is 0.481 e. The first-order chi connectivity index (χ1) is 15.8. The first-order valence-corrected chi connectivity index (χ1v) is 10.8. The number of carbonyl (C=O) groups excluding carboxylic acids is 3.